The summed E-state index contributed by atoms with van der Waals surface area (Å²) in [6.07, 6.45) is 3.22. The maximum atomic E-state index is 12.6. The lowest BCUT2D eigenvalue weighted by Crippen LogP contribution is -2.30. The van der Waals surface area contributed by atoms with Crippen LogP contribution in [0.1, 0.15) is 17.3 Å². The van der Waals surface area contributed by atoms with Crippen molar-refractivity contribution in [2.75, 3.05) is 12.4 Å². The second-order valence-corrected chi connectivity index (χ2v) is 6.33. The smallest absolute Gasteiger partial charge is 0.344 e. The molecule has 0 spiro atoms. The third kappa shape index (κ3) is 5.33. The molecular formula is C21H18N4O7. The lowest BCUT2D eigenvalue weighted by molar-refractivity contribution is -0.384. The number of rotatable bonds is 8. The molecule has 0 saturated carbocycles. The van der Waals surface area contributed by atoms with E-state index in [1.54, 1.807) is 18.3 Å². The largest absolute Gasteiger partial charge is 0.495 e. The number of nitro benzene ring substituents is 1. The van der Waals surface area contributed by atoms with Crippen LogP contribution in [0.25, 0.3) is 0 Å². The zero-order valence-corrected chi connectivity index (χ0v) is 17.1. The number of ether oxygens (including phenoxy) is 3. The van der Waals surface area contributed by atoms with Crippen molar-refractivity contribution in [2.24, 2.45) is 0 Å². The lowest BCUT2D eigenvalue weighted by atomic mass is 10.2. The number of non-ortho nitro benzene ring substituents is 1. The van der Waals surface area contributed by atoms with Crippen molar-refractivity contribution in [2.45, 2.75) is 13.0 Å². The lowest BCUT2D eigenvalue weighted by Gasteiger charge is -2.16. The number of hydrogen-bond donors (Lipinski definition) is 1. The Morgan fingerprint density at radius 3 is 2.62 bits per heavy atom. The van der Waals surface area contributed by atoms with Gasteiger partial charge < -0.3 is 19.5 Å². The number of pyridine rings is 2. The van der Waals surface area contributed by atoms with Crippen molar-refractivity contribution >= 4 is 23.3 Å². The highest BCUT2D eigenvalue weighted by molar-refractivity contribution is 5.99. The summed E-state index contributed by atoms with van der Waals surface area (Å²) in [5.74, 6) is -0.995. The molecule has 1 atom stereocenters. The van der Waals surface area contributed by atoms with E-state index in [1.165, 1.54) is 50.7 Å². The first-order chi connectivity index (χ1) is 15.4. The first-order valence-electron chi connectivity index (χ1n) is 9.26. The van der Waals surface area contributed by atoms with Gasteiger partial charge in [0.2, 0.25) is 5.88 Å². The number of benzene rings is 1. The fourth-order valence-electron chi connectivity index (χ4n) is 2.57. The Morgan fingerprint density at radius 2 is 1.94 bits per heavy atom. The van der Waals surface area contributed by atoms with Crippen LogP contribution in [0.4, 0.5) is 11.4 Å². The van der Waals surface area contributed by atoms with Crippen LogP contribution in [0, 0.1) is 10.1 Å². The summed E-state index contributed by atoms with van der Waals surface area (Å²) in [6.45, 7) is 1.36. The van der Waals surface area contributed by atoms with Crippen molar-refractivity contribution < 1.29 is 28.7 Å². The fraction of sp³-hybridized carbons (Fsp3) is 0.143. The number of carbonyl (C=O) groups is 2. The van der Waals surface area contributed by atoms with E-state index in [4.69, 9.17) is 14.2 Å². The Balaban J connectivity index is 1.72. The monoisotopic (exact) mass is 438 g/mol. The van der Waals surface area contributed by atoms with Crippen LogP contribution >= 0.6 is 0 Å². The average molecular weight is 438 g/mol. The minimum Gasteiger partial charge on any atom is -0.495 e. The van der Waals surface area contributed by atoms with Gasteiger partial charge in [-0.15, -0.1) is 0 Å². The summed E-state index contributed by atoms with van der Waals surface area (Å²) in [4.78, 5) is 43.5. The number of anilines is 1. The maximum absolute atomic E-state index is 12.6. The molecule has 3 rings (SSSR count). The van der Waals surface area contributed by atoms with Gasteiger partial charge in [0, 0.05) is 24.5 Å². The van der Waals surface area contributed by atoms with Crippen LogP contribution < -0.4 is 14.8 Å². The van der Waals surface area contributed by atoms with Gasteiger partial charge in [0.15, 0.2) is 6.10 Å². The van der Waals surface area contributed by atoms with Crippen LogP contribution in [0.3, 0.4) is 0 Å². The van der Waals surface area contributed by atoms with Crippen molar-refractivity contribution in [1.82, 2.24) is 9.97 Å². The van der Waals surface area contributed by atoms with E-state index in [0.29, 0.717) is 5.75 Å². The molecule has 0 bridgehead atoms. The average Bonchev–Trinajstić information content (AvgIpc) is 2.79. The predicted molar refractivity (Wildman–Crippen MR) is 112 cm³/mol. The van der Waals surface area contributed by atoms with Crippen LogP contribution in [0.2, 0.25) is 0 Å². The van der Waals surface area contributed by atoms with E-state index in [0.717, 1.165) is 6.07 Å². The first kappa shape index (κ1) is 22.2. The van der Waals surface area contributed by atoms with E-state index in [9.17, 15) is 19.7 Å². The standard InChI is InChI=1S/C21H18N4O7/c1-13(19(26)24-17-11-14(25(28)29)7-8-18(17)30-2)31-21(27)16-6-4-10-23-20(16)32-15-5-3-9-22-12-15/h3-13H,1-2H3,(H,24,26). The molecule has 1 N–H and O–H groups in total. The molecule has 2 aromatic heterocycles. The summed E-state index contributed by atoms with van der Waals surface area (Å²) in [7, 11) is 1.35. The molecule has 1 unspecified atom stereocenters. The van der Waals surface area contributed by atoms with Crippen molar-refractivity contribution in [1.29, 1.82) is 0 Å². The Kier molecular flexibility index (Phi) is 6.91. The molecule has 1 aromatic carbocycles. The number of amides is 1. The number of methoxy groups -OCH3 is 1. The molecule has 2 heterocycles. The van der Waals surface area contributed by atoms with Gasteiger partial charge in [0.1, 0.15) is 17.1 Å². The third-order valence-corrected chi connectivity index (χ3v) is 4.14. The number of nitrogens with zero attached hydrogens (tertiary/aromatic N) is 3. The zero-order chi connectivity index (χ0) is 23.1. The number of nitrogens with one attached hydrogen (secondary N) is 1. The van der Waals surface area contributed by atoms with Crippen molar-refractivity contribution in [3.63, 3.8) is 0 Å². The van der Waals surface area contributed by atoms with Gasteiger partial charge in [-0.25, -0.2) is 9.78 Å². The van der Waals surface area contributed by atoms with E-state index >= 15 is 0 Å². The molecule has 1 amide bonds. The maximum Gasteiger partial charge on any atom is 0.344 e. The summed E-state index contributed by atoms with van der Waals surface area (Å²) >= 11 is 0. The predicted octanol–water partition coefficient (Wildman–Crippen LogP) is 3.37. The first-order valence-corrected chi connectivity index (χ1v) is 9.26. The van der Waals surface area contributed by atoms with Crippen molar-refractivity contribution in [3.8, 4) is 17.4 Å². The second-order valence-electron chi connectivity index (χ2n) is 6.33. The highest BCUT2D eigenvalue weighted by atomic mass is 16.6. The third-order valence-electron chi connectivity index (χ3n) is 4.14. The topological polar surface area (TPSA) is 143 Å². The molecule has 0 aliphatic carbocycles. The molecule has 0 fully saturated rings. The van der Waals surface area contributed by atoms with E-state index in [1.807, 2.05) is 0 Å². The Labute approximate surface area is 182 Å². The molecule has 0 saturated heterocycles. The van der Waals surface area contributed by atoms with Gasteiger partial charge in [-0.2, -0.15) is 0 Å². The van der Waals surface area contributed by atoms with Gasteiger partial charge in [-0.1, -0.05) is 0 Å². The van der Waals surface area contributed by atoms with Gasteiger partial charge in [0.25, 0.3) is 11.6 Å². The fourth-order valence-corrected chi connectivity index (χ4v) is 2.57. The molecule has 11 nitrogen and oxygen atoms in total. The number of esters is 1. The minimum atomic E-state index is -1.24. The van der Waals surface area contributed by atoms with E-state index in [-0.39, 0.29) is 28.6 Å². The van der Waals surface area contributed by atoms with Crippen LogP contribution in [0.5, 0.6) is 17.4 Å². The summed E-state index contributed by atoms with van der Waals surface area (Å²) < 4.78 is 15.9. The second kappa shape index (κ2) is 9.98. The molecule has 164 valence electrons. The SMILES string of the molecule is COc1ccc([N+](=O)[O-])cc1NC(=O)C(C)OC(=O)c1cccnc1Oc1cccnc1. The molecule has 32 heavy (non-hydrogen) atoms. The molecule has 0 radical (unpaired) electrons. The Hall–Kier alpha value is -4.54. The van der Waals surface area contributed by atoms with E-state index < -0.39 is 22.9 Å². The summed E-state index contributed by atoms with van der Waals surface area (Å²) in [5.41, 5.74) is -0.168. The molecule has 0 aliphatic heterocycles. The van der Waals surface area contributed by atoms with Gasteiger partial charge in [0.05, 0.1) is 23.9 Å². The van der Waals surface area contributed by atoms with Crippen LogP contribution in [-0.4, -0.2) is 40.0 Å². The summed E-state index contributed by atoms with van der Waals surface area (Å²) in [5, 5.41) is 13.5. The molecule has 11 heteroatoms. The van der Waals surface area contributed by atoms with Crippen LogP contribution in [-0.2, 0) is 9.53 Å². The Bertz CT molecular complexity index is 1140. The number of nitro groups is 1. The molecule has 0 aliphatic rings. The quantitative estimate of drug-likeness (QED) is 0.318. The van der Waals surface area contributed by atoms with E-state index in [2.05, 4.69) is 15.3 Å². The summed E-state index contributed by atoms with van der Waals surface area (Å²) in [6, 6.07) is 9.99. The Morgan fingerprint density at radius 1 is 1.16 bits per heavy atom. The zero-order valence-electron chi connectivity index (χ0n) is 17.1. The number of hydrogen-bond acceptors (Lipinski definition) is 9. The van der Waals surface area contributed by atoms with Gasteiger partial charge in [-0.05, 0) is 37.3 Å². The number of carbonyl (C=O) groups excluding carboxylic acids is 2. The molecule has 3 aromatic rings. The normalized spacial score (nSPS) is 11.2. The van der Waals surface area contributed by atoms with Gasteiger partial charge in [-0.3, -0.25) is 19.9 Å². The van der Waals surface area contributed by atoms with Gasteiger partial charge >= 0.3 is 5.97 Å². The highest BCUT2D eigenvalue weighted by Crippen LogP contribution is 2.29. The van der Waals surface area contributed by atoms with Crippen LogP contribution in [0.15, 0.2) is 61.1 Å². The van der Waals surface area contributed by atoms with Crippen molar-refractivity contribution in [3.05, 3.63) is 76.7 Å². The highest BCUT2D eigenvalue weighted by Gasteiger charge is 2.24. The molecular weight excluding hydrogens is 420 g/mol. The minimum absolute atomic E-state index is 0.00364. The number of aromatic nitrogens is 2.